The van der Waals surface area contributed by atoms with E-state index in [0.29, 0.717) is 6.42 Å². The quantitative estimate of drug-likeness (QED) is 0.292. The minimum atomic E-state index is -1.12. The third-order valence-electron chi connectivity index (χ3n) is 0.565. The number of rotatable bonds is 3. The molecule has 6 N–H and O–H groups in total. The summed E-state index contributed by atoms with van der Waals surface area (Å²) in [6.45, 7) is 13.2. The van der Waals surface area contributed by atoms with Gasteiger partial charge in [0.15, 0.2) is 6.29 Å². The first kappa shape index (κ1) is 29.9. The average molecular weight is 256 g/mol. The topological polar surface area (TPSA) is 121 Å². The van der Waals surface area contributed by atoms with Gasteiger partial charge in [0.1, 0.15) is 0 Å². The van der Waals surface area contributed by atoms with Gasteiger partial charge in [0.05, 0.1) is 26.4 Å². The van der Waals surface area contributed by atoms with E-state index in [1.165, 1.54) is 0 Å². The first-order valence-corrected chi connectivity index (χ1v) is 4.90. The van der Waals surface area contributed by atoms with Gasteiger partial charge >= 0.3 is 0 Å². The van der Waals surface area contributed by atoms with E-state index in [1.54, 1.807) is 6.92 Å². The molecule has 6 heteroatoms. The summed E-state index contributed by atoms with van der Waals surface area (Å²) >= 11 is 0. The summed E-state index contributed by atoms with van der Waals surface area (Å²) < 4.78 is 0. The lowest BCUT2D eigenvalue weighted by molar-refractivity contribution is -0.0413. The molecule has 0 aliphatic rings. The zero-order valence-electron chi connectivity index (χ0n) is 10.6. The fourth-order valence-electron chi connectivity index (χ4n) is 0. The van der Waals surface area contributed by atoms with E-state index >= 15 is 0 Å². The third-order valence-corrected chi connectivity index (χ3v) is 0.565. The van der Waals surface area contributed by atoms with E-state index < -0.39 is 6.29 Å². The van der Waals surface area contributed by atoms with Crippen LogP contribution in [0.4, 0.5) is 0 Å². The van der Waals surface area contributed by atoms with Gasteiger partial charge in [-0.15, -0.1) is 26.3 Å². The largest absolute Gasteiger partial charge is 0.394 e. The van der Waals surface area contributed by atoms with E-state index in [1.807, 2.05) is 0 Å². The lowest BCUT2D eigenvalue weighted by Crippen LogP contribution is -1.99. The zero-order valence-corrected chi connectivity index (χ0v) is 10.6. The van der Waals surface area contributed by atoms with Gasteiger partial charge in [0, 0.05) is 0 Å². The molecule has 6 nitrogen and oxygen atoms in total. The Hall–Kier alpha value is -0.760. The molecule has 17 heavy (non-hydrogen) atoms. The van der Waals surface area contributed by atoms with Crippen LogP contribution >= 0.6 is 0 Å². The predicted octanol–water partition coefficient (Wildman–Crippen LogP) is -0.746. The molecule has 0 unspecified atom stereocenters. The van der Waals surface area contributed by atoms with Gasteiger partial charge in [-0.1, -0.05) is 6.92 Å². The molecule has 0 aromatic carbocycles. The van der Waals surface area contributed by atoms with Crippen LogP contribution in [-0.4, -0.2) is 63.4 Å². The van der Waals surface area contributed by atoms with Gasteiger partial charge in [-0.3, -0.25) is 0 Å². The minimum absolute atomic E-state index is 0.125. The molecular weight excluding hydrogens is 228 g/mol. The molecule has 108 valence electrons. The van der Waals surface area contributed by atoms with Crippen LogP contribution in [0.25, 0.3) is 0 Å². The van der Waals surface area contributed by atoms with E-state index in [4.69, 9.17) is 30.6 Å². The van der Waals surface area contributed by atoms with Crippen LogP contribution in [-0.2, 0) is 0 Å². The highest BCUT2D eigenvalue weighted by Crippen LogP contribution is 1.77. The van der Waals surface area contributed by atoms with Gasteiger partial charge in [0.25, 0.3) is 0 Å². The highest BCUT2D eigenvalue weighted by atomic mass is 16.5. The van der Waals surface area contributed by atoms with Crippen LogP contribution in [0.15, 0.2) is 26.3 Å². The van der Waals surface area contributed by atoms with Crippen molar-refractivity contribution in [1.82, 2.24) is 0 Å². The van der Waals surface area contributed by atoms with E-state index in [9.17, 15) is 0 Å². The van der Waals surface area contributed by atoms with Crippen LogP contribution in [0.1, 0.15) is 13.3 Å². The van der Waals surface area contributed by atoms with Gasteiger partial charge < -0.3 is 30.6 Å². The summed E-state index contributed by atoms with van der Waals surface area (Å²) in [5.41, 5.74) is 0. The SMILES string of the molecule is C=C.C=C.CCC(O)O.OCCO.OCCO. The van der Waals surface area contributed by atoms with Gasteiger partial charge in [0.2, 0.25) is 0 Å². The number of aliphatic hydroxyl groups is 6. The van der Waals surface area contributed by atoms with E-state index in [2.05, 4.69) is 26.3 Å². The molecule has 0 saturated heterocycles. The first-order chi connectivity index (χ1) is 8.10. The summed E-state index contributed by atoms with van der Waals surface area (Å²) in [6, 6.07) is 0. The summed E-state index contributed by atoms with van der Waals surface area (Å²) in [7, 11) is 0. The molecule has 0 aliphatic heterocycles. The first-order valence-electron chi connectivity index (χ1n) is 4.90. The van der Waals surface area contributed by atoms with Crippen molar-refractivity contribution >= 4 is 0 Å². The summed E-state index contributed by atoms with van der Waals surface area (Å²) in [5.74, 6) is 0. The average Bonchev–Trinajstić information content (AvgIpc) is 2.43. The smallest absolute Gasteiger partial charge is 0.151 e. The lowest BCUT2D eigenvalue weighted by atomic mass is 10.5. The summed E-state index contributed by atoms with van der Waals surface area (Å²) in [5, 5.41) is 46.3. The van der Waals surface area contributed by atoms with Crippen molar-refractivity contribution in [2.45, 2.75) is 19.6 Å². The fraction of sp³-hybridized carbons (Fsp3) is 0.636. The van der Waals surface area contributed by atoms with Crippen LogP contribution < -0.4 is 0 Å². The van der Waals surface area contributed by atoms with Gasteiger partial charge in [-0.2, -0.15) is 0 Å². The maximum atomic E-state index is 7.92. The van der Waals surface area contributed by atoms with Crippen molar-refractivity contribution in [3.8, 4) is 0 Å². The maximum absolute atomic E-state index is 7.92. The Morgan fingerprint density at radius 3 is 0.824 bits per heavy atom. The molecule has 0 aromatic heterocycles. The molecule has 0 saturated carbocycles. The van der Waals surface area contributed by atoms with E-state index in [-0.39, 0.29) is 26.4 Å². The second kappa shape index (κ2) is 59.0. The molecule has 0 amide bonds. The van der Waals surface area contributed by atoms with Gasteiger partial charge in [-0.25, -0.2) is 0 Å². The maximum Gasteiger partial charge on any atom is 0.151 e. The predicted molar refractivity (Wildman–Crippen MR) is 69.4 cm³/mol. The third kappa shape index (κ3) is 254. The number of hydrogen-bond donors (Lipinski definition) is 6. The Morgan fingerprint density at radius 1 is 0.706 bits per heavy atom. The highest BCUT2D eigenvalue weighted by molar-refractivity contribution is 4.22. The molecule has 0 aromatic rings. The van der Waals surface area contributed by atoms with Crippen molar-refractivity contribution in [2.24, 2.45) is 0 Å². The second-order valence-electron chi connectivity index (χ2n) is 1.78. The number of hydrogen-bond acceptors (Lipinski definition) is 6. The normalized spacial score (nSPS) is 6.82. The zero-order chi connectivity index (χ0) is 15.1. The second-order valence-corrected chi connectivity index (χ2v) is 1.78. The molecule has 0 atom stereocenters. The Balaban J connectivity index is -0.0000000371. The highest BCUT2D eigenvalue weighted by Gasteiger charge is 1.83. The van der Waals surface area contributed by atoms with Crippen LogP contribution in [0.3, 0.4) is 0 Å². The Bertz CT molecular complexity index is 70.4. The van der Waals surface area contributed by atoms with Crippen LogP contribution in [0, 0.1) is 0 Å². The lowest BCUT2D eigenvalue weighted by Gasteiger charge is -1.90. The van der Waals surface area contributed by atoms with Crippen molar-refractivity contribution in [1.29, 1.82) is 0 Å². The monoisotopic (exact) mass is 256 g/mol. The molecule has 0 bridgehead atoms. The standard InChI is InChI=1S/C3H8O2.2C2H6O2.2C2H4/c1-2-3(4)5;2*3-1-2-4;2*1-2/h3-5H,2H2,1H3;2*3-4H,1-2H2;2*1-2H2. The summed E-state index contributed by atoms with van der Waals surface area (Å²) in [6.07, 6.45) is -0.699. The Labute approximate surface area is 104 Å². The molecule has 0 rings (SSSR count). The van der Waals surface area contributed by atoms with Crippen molar-refractivity contribution in [2.75, 3.05) is 26.4 Å². The molecular formula is C11H28O6. The molecule has 0 aliphatic carbocycles. The fourth-order valence-corrected chi connectivity index (χ4v) is 0. The van der Waals surface area contributed by atoms with E-state index in [0.717, 1.165) is 0 Å². The molecule has 0 spiro atoms. The molecule has 0 radical (unpaired) electrons. The van der Waals surface area contributed by atoms with Crippen LogP contribution in [0.2, 0.25) is 0 Å². The van der Waals surface area contributed by atoms with Crippen molar-refractivity contribution in [3.63, 3.8) is 0 Å². The summed E-state index contributed by atoms with van der Waals surface area (Å²) in [4.78, 5) is 0. The number of aliphatic hydroxyl groups excluding tert-OH is 5. The van der Waals surface area contributed by atoms with Crippen LogP contribution in [0.5, 0.6) is 0 Å². The van der Waals surface area contributed by atoms with Crippen molar-refractivity contribution < 1.29 is 30.6 Å². The Kier molecular flexibility index (Phi) is 104. The molecule has 0 fully saturated rings. The Morgan fingerprint density at radius 2 is 0.824 bits per heavy atom. The molecule has 0 heterocycles. The van der Waals surface area contributed by atoms with Crippen molar-refractivity contribution in [3.05, 3.63) is 26.3 Å². The van der Waals surface area contributed by atoms with Gasteiger partial charge in [-0.05, 0) is 6.42 Å². The minimum Gasteiger partial charge on any atom is -0.394 e.